The lowest BCUT2D eigenvalue weighted by Gasteiger charge is -2.36. The molecule has 116 valence electrons. The van der Waals surface area contributed by atoms with Crippen molar-refractivity contribution in [1.82, 2.24) is 0 Å². The molecule has 2 aliphatic rings. The maximum atomic E-state index is 12.6. The molecule has 4 nitrogen and oxygen atoms in total. The molecule has 1 amide bonds. The fourth-order valence-corrected chi connectivity index (χ4v) is 3.43. The normalized spacial score (nSPS) is 26.2. The molecule has 1 N–H and O–H groups in total. The van der Waals surface area contributed by atoms with E-state index >= 15 is 0 Å². The molecule has 0 bridgehead atoms. The Bertz CT molecular complexity index is 797. The molecule has 2 aromatic carbocycles. The summed E-state index contributed by atoms with van der Waals surface area (Å²) in [6, 6.07) is 15.3. The first-order valence-electron chi connectivity index (χ1n) is 7.75. The van der Waals surface area contributed by atoms with Gasteiger partial charge in [-0.2, -0.15) is 0 Å². The van der Waals surface area contributed by atoms with E-state index in [0.29, 0.717) is 6.42 Å². The van der Waals surface area contributed by atoms with Crippen LogP contribution in [0.3, 0.4) is 0 Å². The summed E-state index contributed by atoms with van der Waals surface area (Å²) >= 11 is 0. The van der Waals surface area contributed by atoms with Crippen LogP contribution in [0, 0.1) is 6.92 Å². The van der Waals surface area contributed by atoms with Crippen molar-refractivity contribution in [2.24, 2.45) is 0 Å². The van der Waals surface area contributed by atoms with Crippen LogP contribution in [0.4, 0.5) is 5.69 Å². The first-order valence-corrected chi connectivity index (χ1v) is 7.75. The molecule has 4 rings (SSSR count). The minimum atomic E-state index is -1.19. The molecule has 1 spiro atoms. The lowest BCUT2D eigenvalue weighted by atomic mass is 9.84. The van der Waals surface area contributed by atoms with E-state index in [-0.39, 0.29) is 18.1 Å². The third-order valence-corrected chi connectivity index (χ3v) is 4.63. The van der Waals surface area contributed by atoms with Gasteiger partial charge in [0.25, 0.3) is 5.91 Å². The van der Waals surface area contributed by atoms with Gasteiger partial charge in [-0.15, -0.1) is 0 Å². The number of ketones is 1. The van der Waals surface area contributed by atoms with Crippen LogP contribution in [-0.4, -0.2) is 11.7 Å². The number of hydrogen-bond acceptors (Lipinski definition) is 3. The molecule has 2 aromatic rings. The van der Waals surface area contributed by atoms with Crippen molar-refractivity contribution in [2.45, 2.75) is 31.5 Å². The van der Waals surface area contributed by atoms with Crippen LogP contribution in [-0.2, 0) is 19.9 Å². The highest BCUT2D eigenvalue weighted by molar-refractivity contribution is 6.07. The minimum absolute atomic E-state index is 0.0497. The zero-order valence-electron chi connectivity index (χ0n) is 12.8. The zero-order chi connectivity index (χ0) is 16.0. The average Bonchev–Trinajstić information content (AvgIpc) is 2.80. The number of benzene rings is 2. The highest BCUT2D eigenvalue weighted by atomic mass is 16.5. The summed E-state index contributed by atoms with van der Waals surface area (Å²) in [6.45, 7) is 2.01. The van der Waals surface area contributed by atoms with Crippen LogP contribution in [0.15, 0.2) is 48.5 Å². The van der Waals surface area contributed by atoms with Gasteiger partial charge in [-0.05, 0) is 18.6 Å². The summed E-state index contributed by atoms with van der Waals surface area (Å²) in [7, 11) is 0. The molecule has 0 aromatic heterocycles. The number of anilines is 1. The monoisotopic (exact) mass is 307 g/mol. The number of fused-ring (bicyclic) bond motifs is 2. The number of carbonyl (C=O) groups is 2. The number of ether oxygens (including phenoxy) is 1. The van der Waals surface area contributed by atoms with Crippen molar-refractivity contribution in [2.75, 3.05) is 5.32 Å². The first kappa shape index (κ1) is 14.2. The van der Waals surface area contributed by atoms with Crippen molar-refractivity contribution in [3.05, 3.63) is 65.2 Å². The number of aryl methyl sites for hydroxylation is 1. The lowest BCUT2D eigenvalue weighted by molar-refractivity contribution is -0.170. The highest BCUT2D eigenvalue weighted by Gasteiger charge is 2.53. The van der Waals surface area contributed by atoms with E-state index in [9.17, 15) is 9.59 Å². The summed E-state index contributed by atoms with van der Waals surface area (Å²) in [5.74, 6) is -0.197. The second-order valence-electron chi connectivity index (χ2n) is 6.26. The predicted molar refractivity (Wildman–Crippen MR) is 86.0 cm³/mol. The summed E-state index contributed by atoms with van der Waals surface area (Å²) in [5.41, 5.74) is 2.38. The van der Waals surface area contributed by atoms with Gasteiger partial charge in [0.05, 0.1) is 6.10 Å². The Kier molecular flexibility index (Phi) is 3.10. The molecular formula is C19H17NO3. The molecule has 0 aliphatic carbocycles. The van der Waals surface area contributed by atoms with Crippen molar-refractivity contribution < 1.29 is 14.3 Å². The van der Waals surface area contributed by atoms with Gasteiger partial charge in [0.1, 0.15) is 5.78 Å². The van der Waals surface area contributed by atoms with Gasteiger partial charge in [0.15, 0.2) is 5.60 Å². The Balaban J connectivity index is 1.76. The lowest BCUT2D eigenvalue weighted by Crippen LogP contribution is -2.44. The number of rotatable bonds is 1. The second kappa shape index (κ2) is 5.03. The maximum Gasteiger partial charge on any atom is 0.261 e. The van der Waals surface area contributed by atoms with Gasteiger partial charge in [-0.1, -0.05) is 48.0 Å². The third kappa shape index (κ3) is 2.18. The first-order chi connectivity index (χ1) is 11.1. The van der Waals surface area contributed by atoms with Crippen LogP contribution in [0.2, 0.25) is 0 Å². The fourth-order valence-electron chi connectivity index (χ4n) is 3.43. The number of Topliss-reactive ketones (excluding diaryl/α,β-unsaturated/α-hetero) is 1. The van der Waals surface area contributed by atoms with E-state index in [0.717, 1.165) is 22.4 Å². The van der Waals surface area contributed by atoms with Crippen molar-refractivity contribution in [1.29, 1.82) is 0 Å². The minimum Gasteiger partial charge on any atom is -0.351 e. The molecule has 1 fully saturated rings. The van der Waals surface area contributed by atoms with Gasteiger partial charge >= 0.3 is 0 Å². The fraction of sp³-hybridized carbons (Fsp3) is 0.263. The molecule has 2 atom stereocenters. The summed E-state index contributed by atoms with van der Waals surface area (Å²) in [4.78, 5) is 25.0. The van der Waals surface area contributed by atoms with E-state index in [1.807, 2.05) is 55.5 Å². The van der Waals surface area contributed by atoms with Gasteiger partial charge in [0.2, 0.25) is 0 Å². The predicted octanol–water partition coefficient (Wildman–Crippen LogP) is 3.26. The number of amides is 1. The van der Waals surface area contributed by atoms with E-state index in [1.165, 1.54) is 0 Å². The maximum absolute atomic E-state index is 12.6. The van der Waals surface area contributed by atoms with E-state index < -0.39 is 11.7 Å². The number of para-hydroxylation sites is 1. The SMILES string of the molecule is Cc1ccc([C@H]2CC(=O)C[C@@]3(O2)C(=O)Nc2ccccc23)cc1. The summed E-state index contributed by atoms with van der Waals surface area (Å²) in [6.07, 6.45) is 0.00659. The molecule has 0 radical (unpaired) electrons. The molecule has 0 unspecified atom stereocenters. The molecule has 23 heavy (non-hydrogen) atoms. The van der Waals surface area contributed by atoms with E-state index in [4.69, 9.17) is 4.74 Å². The Morgan fingerprint density at radius 1 is 1.09 bits per heavy atom. The molecular weight excluding hydrogens is 290 g/mol. The topological polar surface area (TPSA) is 55.4 Å². The molecule has 2 aliphatic heterocycles. The Labute approximate surface area is 134 Å². The zero-order valence-corrected chi connectivity index (χ0v) is 12.8. The number of carbonyl (C=O) groups excluding carboxylic acids is 2. The van der Waals surface area contributed by atoms with Crippen LogP contribution >= 0.6 is 0 Å². The van der Waals surface area contributed by atoms with Crippen molar-refractivity contribution in [3.8, 4) is 0 Å². The second-order valence-corrected chi connectivity index (χ2v) is 6.26. The number of hydrogen-bond donors (Lipinski definition) is 1. The van der Waals surface area contributed by atoms with Gasteiger partial charge < -0.3 is 10.1 Å². The van der Waals surface area contributed by atoms with Crippen LogP contribution in [0.5, 0.6) is 0 Å². The number of nitrogens with one attached hydrogen (secondary N) is 1. The van der Waals surface area contributed by atoms with E-state index in [1.54, 1.807) is 0 Å². The van der Waals surface area contributed by atoms with Crippen molar-refractivity contribution in [3.63, 3.8) is 0 Å². The van der Waals surface area contributed by atoms with E-state index in [2.05, 4.69) is 5.32 Å². The molecule has 2 heterocycles. The largest absolute Gasteiger partial charge is 0.351 e. The summed E-state index contributed by atoms with van der Waals surface area (Å²) < 4.78 is 6.24. The van der Waals surface area contributed by atoms with Crippen molar-refractivity contribution >= 4 is 17.4 Å². The van der Waals surface area contributed by atoms with Gasteiger partial charge in [-0.3, -0.25) is 9.59 Å². The Hall–Kier alpha value is -2.46. The van der Waals surface area contributed by atoms with Crippen LogP contribution < -0.4 is 5.32 Å². The molecule has 0 saturated carbocycles. The average molecular weight is 307 g/mol. The smallest absolute Gasteiger partial charge is 0.261 e. The third-order valence-electron chi connectivity index (χ3n) is 4.63. The van der Waals surface area contributed by atoms with Gasteiger partial charge in [0, 0.05) is 24.1 Å². The quantitative estimate of drug-likeness (QED) is 0.880. The Morgan fingerprint density at radius 3 is 2.61 bits per heavy atom. The van der Waals surface area contributed by atoms with Crippen LogP contribution in [0.1, 0.15) is 35.6 Å². The molecule has 1 saturated heterocycles. The highest BCUT2D eigenvalue weighted by Crippen LogP contribution is 2.48. The molecule has 4 heteroatoms. The standard InChI is InChI=1S/C19H17NO3/c1-12-6-8-13(9-7-12)17-10-14(21)11-19(23-17)15-4-2-3-5-16(15)20-18(19)22/h2-9,17H,10-11H2,1H3,(H,20,22)/t17-,19+/m1/s1. The van der Waals surface area contributed by atoms with Crippen LogP contribution in [0.25, 0.3) is 0 Å². The Morgan fingerprint density at radius 2 is 1.83 bits per heavy atom. The summed E-state index contributed by atoms with van der Waals surface area (Å²) in [5, 5.41) is 2.84. The van der Waals surface area contributed by atoms with Gasteiger partial charge in [-0.25, -0.2) is 0 Å².